The van der Waals surface area contributed by atoms with E-state index in [0.717, 1.165) is 57.8 Å². The number of ether oxygens (including phenoxy) is 2. The molecule has 6 N–H and O–H groups in total. The van der Waals surface area contributed by atoms with Crippen LogP contribution in [0.2, 0.25) is 0 Å². The van der Waals surface area contributed by atoms with E-state index in [1.54, 1.807) is 0 Å². The van der Waals surface area contributed by atoms with Gasteiger partial charge in [0.1, 0.15) is 24.5 Å². The van der Waals surface area contributed by atoms with Gasteiger partial charge in [-0.3, -0.25) is 19.2 Å². The number of Topliss-reactive ketones (excluding diaryl/α,β-unsaturated/α-hetero) is 1. The minimum atomic E-state index is -1.24. The molecule has 0 aromatic rings. The van der Waals surface area contributed by atoms with Gasteiger partial charge in [0.2, 0.25) is 17.7 Å². The molecule has 46 heavy (non-hydrogen) atoms. The third kappa shape index (κ3) is 26.8. The molecule has 0 radical (unpaired) electrons. The van der Waals surface area contributed by atoms with Gasteiger partial charge in [0.05, 0.1) is 19.8 Å². The smallest absolute Gasteiger partial charge is 0.326 e. The predicted octanol–water partition coefficient (Wildman–Crippen LogP) is 2.19. The molecule has 0 spiro atoms. The van der Waals surface area contributed by atoms with E-state index in [1.165, 1.54) is 6.92 Å². The highest BCUT2D eigenvalue weighted by Gasteiger charge is 2.21. The maximum absolute atomic E-state index is 12.2. The third-order valence-corrected chi connectivity index (χ3v) is 6.93. The van der Waals surface area contributed by atoms with Crippen LogP contribution in [0.25, 0.3) is 0 Å². The number of ketones is 1. The third-order valence-electron chi connectivity index (χ3n) is 6.93. The van der Waals surface area contributed by atoms with Crippen molar-refractivity contribution in [2.45, 2.75) is 122 Å². The van der Waals surface area contributed by atoms with E-state index in [0.29, 0.717) is 6.42 Å². The summed E-state index contributed by atoms with van der Waals surface area (Å²) in [7, 11) is 0. The van der Waals surface area contributed by atoms with E-state index in [2.05, 4.69) is 16.0 Å². The van der Waals surface area contributed by atoms with Crippen molar-refractivity contribution >= 4 is 41.4 Å². The van der Waals surface area contributed by atoms with E-state index in [-0.39, 0.29) is 83.2 Å². The summed E-state index contributed by atoms with van der Waals surface area (Å²) >= 11 is 0. The molecule has 0 aliphatic rings. The summed E-state index contributed by atoms with van der Waals surface area (Å²) in [6.07, 6.45) is 9.87. The van der Waals surface area contributed by atoms with E-state index in [1.807, 2.05) is 0 Å². The Morgan fingerprint density at radius 1 is 0.543 bits per heavy atom. The van der Waals surface area contributed by atoms with Crippen LogP contribution in [0.5, 0.6) is 0 Å². The number of unbranched alkanes of at least 4 members (excludes halogenated alkanes) is 9. The van der Waals surface area contributed by atoms with Gasteiger partial charge in [0.15, 0.2) is 0 Å². The molecule has 0 bridgehead atoms. The van der Waals surface area contributed by atoms with Gasteiger partial charge >= 0.3 is 17.9 Å². The molecule has 0 heterocycles. The second kappa shape index (κ2) is 27.7. The number of amides is 3. The number of carbonyl (C=O) groups excluding carboxylic acids is 4. The monoisotopic (exact) mass is 659 g/mol. The molecule has 0 aliphatic carbocycles. The highest BCUT2D eigenvalue weighted by molar-refractivity contribution is 5.85. The van der Waals surface area contributed by atoms with Crippen LogP contribution in [0.3, 0.4) is 0 Å². The van der Waals surface area contributed by atoms with E-state index in [9.17, 15) is 38.7 Å². The summed E-state index contributed by atoms with van der Waals surface area (Å²) in [5, 5.41) is 34.5. The van der Waals surface area contributed by atoms with Gasteiger partial charge in [0.25, 0.3) is 0 Å². The summed E-state index contributed by atoms with van der Waals surface area (Å²) in [6, 6.07) is -2.35. The lowest BCUT2D eigenvalue weighted by Gasteiger charge is -2.14. The average Bonchev–Trinajstić information content (AvgIpc) is 2.98. The molecule has 0 saturated heterocycles. The van der Waals surface area contributed by atoms with Crippen LogP contribution in [0, 0.1) is 0 Å². The minimum Gasteiger partial charge on any atom is -0.481 e. The largest absolute Gasteiger partial charge is 0.481 e. The van der Waals surface area contributed by atoms with Crippen LogP contribution in [0.4, 0.5) is 0 Å². The number of nitrogens with one attached hydrogen (secondary N) is 3. The zero-order chi connectivity index (χ0) is 34.6. The lowest BCUT2D eigenvalue weighted by Crippen LogP contribution is -2.42. The summed E-state index contributed by atoms with van der Waals surface area (Å²) in [6.45, 7) is 1.41. The topological polar surface area (TPSA) is 235 Å². The Labute approximate surface area is 270 Å². The Balaban J connectivity index is 3.87. The Morgan fingerprint density at radius 3 is 1.54 bits per heavy atom. The first kappa shape index (κ1) is 42.4. The molecule has 0 unspecified atom stereocenters. The van der Waals surface area contributed by atoms with Crippen molar-refractivity contribution < 1.29 is 58.4 Å². The van der Waals surface area contributed by atoms with Crippen molar-refractivity contribution in [3.8, 4) is 0 Å². The molecule has 2 atom stereocenters. The van der Waals surface area contributed by atoms with Crippen LogP contribution in [-0.2, 0) is 43.0 Å². The number of aliphatic carboxylic acids is 3. The number of carbonyl (C=O) groups is 7. The van der Waals surface area contributed by atoms with Crippen molar-refractivity contribution in [3.63, 3.8) is 0 Å². The Hall–Kier alpha value is -3.59. The van der Waals surface area contributed by atoms with Crippen LogP contribution in [0.1, 0.15) is 110 Å². The summed E-state index contributed by atoms with van der Waals surface area (Å²) < 4.78 is 10.4. The Morgan fingerprint density at radius 2 is 1.02 bits per heavy atom. The van der Waals surface area contributed by atoms with Gasteiger partial charge in [-0.1, -0.05) is 51.4 Å². The SMILES string of the molecule is CC(=O)CC[C@H](NC(=O)COCCOCCNC(=O)CC[C@H](NC(=O)CCCCCCCCCCCCC(=O)O)C(=O)O)C(=O)O. The van der Waals surface area contributed by atoms with Gasteiger partial charge in [0, 0.05) is 32.2 Å². The van der Waals surface area contributed by atoms with Crippen molar-refractivity contribution in [3.05, 3.63) is 0 Å². The van der Waals surface area contributed by atoms with Crippen molar-refractivity contribution in [1.82, 2.24) is 16.0 Å². The van der Waals surface area contributed by atoms with Crippen molar-refractivity contribution in [1.29, 1.82) is 0 Å². The molecule has 0 aromatic carbocycles. The number of carboxylic acids is 3. The average molecular weight is 660 g/mol. The number of hydrogen-bond acceptors (Lipinski definition) is 9. The summed E-state index contributed by atoms with van der Waals surface area (Å²) in [4.78, 5) is 80.3. The van der Waals surface area contributed by atoms with Gasteiger partial charge in [-0.15, -0.1) is 0 Å². The van der Waals surface area contributed by atoms with Crippen molar-refractivity contribution in [2.24, 2.45) is 0 Å². The van der Waals surface area contributed by atoms with Gasteiger partial charge < -0.3 is 45.5 Å². The first-order valence-electron chi connectivity index (χ1n) is 16.1. The van der Waals surface area contributed by atoms with E-state index >= 15 is 0 Å². The fourth-order valence-electron chi connectivity index (χ4n) is 4.35. The standard InChI is InChI=1S/C31H53N3O12/c1-23(35)14-15-24(30(41)42)34-28(38)22-46-21-20-45-19-18-32-26(36)17-16-25(31(43)44)33-27(37)12-10-8-6-4-2-3-5-7-9-11-13-29(39)40/h24-25H,2-22H2,1H3,(H,32,36)(H,33,37)(H,34,38)(H,39,40)(H,41,42)(H,43,44)/t24-,25-/m0/s1. The molecule has 0 rings (SSSR count). The maximum atomic E-state index is 12.2. The lowest BCUT2D eigenvalue weighted by atomic mass is 10.0. The molecule has 3 amide bonds. The second-order valence-corrected chi connectivity index (χ2v) is 11.1. The molecule has 0 fully saturated rings. The number of carboxylic acid groups (broad SMARTS) is 3. The van der Waals surface area contributed by atoms with Crippen molar-refractivity contribution in [2.75, 3.05) is 33.0 Å². The Kier molecular flexibility index (Phi) is 25.5. The molecule has 15 heteroatoms. The molecule has 0 aromatic heterocycles. The van der Waals surface area contributed by atoms with Gasteiger partial charge in [-0.2, -0.15) is 0 Å². The zero-order valence-corrected chi connectivity index (χ0v) is 27.0. The normalized spacial score (nSPS) is 12.1. The van der Waals surface area contributed by atoms with Crippen LogP contribution in [0.15, 0.2) is 0 Å². The van der Waals surface area contributed by atoms with Crippen LogP contribution < -0.4 is 16.0 Å². The number of hydrogen-bond donors (Lipinski definition) is 6. The maximum Gasteiger partial charge on any atom is 0.326 e. The van der Waals surface area contributed by atoms with Gasteiger partial charge in [-0.05, 0) is 32.6 Å². The minimum absolute atomic E-state index is 0.0131. The zero-order valence-electron chi connectivity index (χ0n) is 27.0. The molecule has 15 nitrogen and oxygen atoms in total. The molecule has 264 valence electrons. The van der Waals surface area contributed by atoms with E-state index in [4.69, 9.17) is 19.7 Å². The fraction of sp³-hybridized carbons (Fsp3) is 0.774. The molecule has 0 aliphatic heterocycles. The highest BCUT2D eigenvalue weighted by Crippen LogP contribution is 2.12. The first-order valence-corrected chi connectivity index (χ1v) is 16.1. The molecule has 0 saturated carbocycles. The Bertz CT molecular complexity index is 944. The molecular formula is C31H53N3O12. The van der Waals surface area contributed by atoms with Gasteiger partial charge in [-0.25, -0.2) is 9.59 Å². The second-order valence-electron chi connectivity index (χ2n) is 11.1. The van der Waals surface area contributed by atoms with Crippen LogP contribution >= 0.6 is 0 Å². The molecular weight excluding hydrogens is 606 g/mol. The summed E-state index contributed by atoms with van der Waals surface area (Å²) in [5.74, 6) is -4.78. The first-order chi connectivity index (χ1) is 21.9. The quantitative estimate of drug-likeness (QED) is 0.0588. The fourth-order valence-corrected chi connectivity index (χ4v) is 4.35. The van der Waals surface area contributed by atoms with E-state index < -0.39 is 41.8 Å². The van der Waals surface area contributed by atoms with Crippen LogP contribution in [-0.4, -0.2) is 102 Å². The number of rotatable bonds is 31. The summed E-state index contributed by atoms with van der Waals surface area (Å²) in [5.41, 5.74) is 0. The lowest BCUT2D eigenvalue weighted by molar-refractivity contribution is -0.143. The highest BCUT2D eigenvalue weighted by atomic mass is 16.5. The predicted molar refractivity (Wildman–Crippen MR) is 166 cm³/mol.